The third-order valence-electron chi connectivity index (χ3n) is 6.12. The second-order valence-corrected chi connectivity index (χ2v) is 8.81. The van der Waals surface area contributed by atoms with Gasteiger partial charge in [-0.25, -0.2) is 4.79 Å². The molecule has 2 unspecified atom stereocenters. The Morgan fingerprint density at radius 3 is 2.00 bits per heavy atom. The molecule has 0 amide bonds. The van der Waals surface area contributed by atoms with Crippen LogP contribution >= 0.6 is 0 Å². The van der Waals surface area contributed by atoms with Gasteiger partial charge < -0.3 is 14.6 Å². The lowest BCUT2D eigenvalue weighted by atomic mass is 9.48. The van der Waals surface area contributed by atoms with E-state index >= 15 is 0 Å². The van der Waals surface area contributed by atoms with Crippen LogP contribution < -0.4 is 0 Å². The van der Waals surface area contributed by atoms with Gasteiger partial charge in [-0.05, 0) is 57.3 Å². The molecule has 0 aromatic carbocycles. The van der Waals surface area contributed by atoms with Crippen LogP contribution in [0.5, 0.6) is 0 Å². The van der Waals surface area contributed by atoms with Crippen molar-refractivity contribution < 1.29 is 41.7 Å². The second kappa shape index (κ2) is 6.71. The molecule has 4 bridgehead atoms. The molecule has 158 valence electrons. The van der Waals surface area contributed by atoms with E-state index in [1.165, 1.54) is 6.92 Å². The summed E-state index contributed by atoms with van der Waals surface area (Å²) < 4.78 is 64.3. The Hall–Kier alpha value is -1.64. The van der Waals surface area contributed by atoms with Gasteiger partial charge in [-0.2, -0.15) is 17.6 Å². The summed E-state index contributed by atoms with van der Waals surface area (Å²) in [5.41, 5.74) is -2.30. The summed E-state index contributed by atoms with van der Waals surface area (Å²) in [7, 11) is 0. The highest BCUT2D eigenvalue weighted by Crippen LogP contribution is 2.62. The molecular weight excluding hydrogens is 384 g/mol. The van der Waals surface area contributed by atoms with Gasteiger partial charge in [0.15, 0.2) is 13.2 Å². The predicted molar refractivity (Wildman–Crippen MR) is 88.7 cm³/mol. The minimum absolute atomic E-state index is 0.113. The Bertz CT molecular complexity index is 676. The molecule has 4 rings (SSSR count). The number of ether oxygens (including phenoxy) is 2. The van der Waals surface area contributed by atoms with Gasteiger partial charge in [-0.3, -0.25) is 4.79 Å². The first kappa shape index (κ1) is 21.1. The van der Waals surface area contributed by atoms with Crippen molar-refractivity contribution in [1.82, 2.24) is 0 Å². The number of alkyl halides is 4. The Morgan fingerprint density at radius 1 is 1.04 bits per heavy atom. The monoisotopic (exact) mass is 408 g/mol. The van der Waals surface area contributed by atoms with Crippen LogP contribution in [0.3, 0.4) is 0 Å². The van der Waals surface area contributed by atoms with Gasteiger partial charge in [-0.1, -0.05) is 6.58 Å². The summed E-state index contributed by atoms with van der Waals surface area (Å²) in [4.78, 5) is 23.7. The maximum Gasteiger partial charge on any atom is 0.346 e. The summed E-state index contributed by atoms with van der Waals surface area (Å²) >= 11 is 0. The molecule has 0 radical (unpaired) electrons. The number of hydrogen-bond acceptors (Lipinski definition) is 5. The molecule has 4 fully saturated rings. The lowest BCUT2D eigenvalue weighted by molar-refractivity contribution is -0.252. The Kier molecular flexibility index (Phi) is 5.05. The molecule has 28 heavy (non-hydrogen) atoms. The number of esters is 2. The zero-order valence-electron chi connectivity index (χ0n) is 15.6. The first-order valence-corrected chi connectivity index (χ1v) is 9.25. The number of halogens is 4. The summed E-state index contributed by atoms with van der Waals surface area (Å²) in [6.45, 7) is 0.701. The number of hydrogen-bond donors (Lipinski definition) is 1. The summed E-state index contributed by atoms with van der Waals surface area (Å²) in [6.07, 6.45) is 2.97. The molecule has 5 nitrogen and oxygen atoms in total. The first-order chi connectivity index (χ1) is 12.8. The minimum atomic E-state index is -4.71. The van der Waals surface area contributed by atoms with E-state index in [0.29, 0.717) is 25.7 Å². The van der Waals surface area contributed by atoms with Gasteiger partial charge in [0, 0.05) is 5.57 Å². The highest BCUT2D eigenvalue weighted by molar-refractivity contribution is 5.86. The Labute approximate surface area is 160 Å². The molecular formula is C19H24F4O5. The molecule has 0 heterocycles. The molecule has 2 atom stereocenters. The molecule has 0 saturated heterocycles. The molecule has 4 saturated carbocycles. The van der Waals surface area contributed by atoms with Crippen LogP contribution in [-0.2, 0) is 19.1 Å². The fourth-order valence-electron chi connectivity index (χ4n) is 5.25. The third kappa shape index (κ3) is 3.77. The number of aliphatic hydroxyl groups is 1. The van der Waals surface area contributed by atoms with Gasteiger partial charge in [0.25, 0.3) is 0 Å². The van der Waals surface area contributed by atoms with Crippen molar-refractivity contribution >= 4 is 11.9 Å². The van der Waals surface area contributed by atoms with Crippen molar-refractivity contribution in [3.63, 3.8) is 0 Å². The number of rotatable bonds is 7. The van der Waals surface area contributed by atoms with Gasteiger partial charge >= 0.3 is 23.8 Å². The number of carbonyl (C=O) groups is 2. The largest absolute Gasteiger partial charge is 0.459 e. The van der Waals surface area contributed by atoms with E-state index < -0.39 is 48.0 Å². The average Bonchev–Trinajstić information content (AvgIpc) is 2.55. The van der Waals surface area contributed by atoms with Crippen LogP contribution in [0.25, 0.3) is 0 Å². The Balaban J connectivity index is 1.62. The van der Waals surface area contributed by atoms with E-state index in [2.05, 4.69) is 16.1 Å². The van der Waals surface area contributed by atoms with Crippen molar-refractivity contribution in [2.75, 3.05) is 13.2 Å². The van der Waals surface area contributed by atoms with Crippen LogP contribution in [0.1, 0.15) is 45.4 Å². The first-order valence-electron chi connectivity index (χ1n) is 9.25. The van der Waals surface area contributed by atoms with Gasteiger partial charge in [0.2, 0.25) is 0 Å². The predicted octanol–water partition coefficient (Wildman–Crippen LogP) is 3.25. The van der Waals surface area contributed by atoms with Crippen LogP contribution in [0.4, 0.5) is 17.6 Å². The quantitative estimate of drug-likeness (QED) is 0.398. The van der Waals surface area contributed by atoms with Crippen molar-refractivity contribution in [3.05, 3.63) is 12.2 Å². The maximum absolute atomic E-state index is 14.0. The molecule has 0 spiro atoms. The van der Waals surface area contributed by atoms with E-state index in [-0.39, 0.29) is 23.8 Å². The second-order valence-electron chi connectivity index (χ2n) is 8.81. The fraction of sp³-hybridized carbons (Fsp3) is 0.789. The van der Waals surface area contributed by atoms with Crippen LogP contribution in [-0.4, -0.2) is 47.7 Å². The summed E-state index contributed by atoms with van der Waals surface area (Å²) in [5.74, 6) is -11.4. The van der Waals surface area contributed by atoms with Crippen molar-refractivity contribution in [3.8, 4) is 0 Å². The van der Waals surface area contributed by atoms with Crippen molar-refractivity contribution in [1.29, 1.82) is 0 Å². The zero-order valence-corrected chi connectivity index (χ0v) is 15.6. The Morgan fingerprint density at radius 2 is 1.54 bits per heavy atom. The van der Waals surface area contributed by atoms with Gasteiger partial charge in [0.1, 0.15) is 0 Å². The van der Waals surface area contributed by atoms with Crippen LogP contribution in [0.2, 0.25) is 0 Å². The van der Waals surface area contributed by atoms with Crippen LogP contribution in [0, 0.1) is 17.3 Å². The maximum atomic E-state index is 14.0. The summed E-state index contributed by atoms with van der Waals surface area (Å²) in [6, 6.07) is 0. The SMILES string of the molecule is C=C(C)C(=O)OCC(F)(F)C(F)(F)COC(=O)C12CC3CC(CC(O)(C3)C1)C2. The normalized spacial score (nSPS) is 34.2. The smallest absolute Gasteiger partial charge is 0.346 e. The highest BCUT2D eigenvalue weighted by Gasteiger charge is 2.62. The highest BCUT2D eigenvalue weighted by atomic mass is 19.3. The van der Waals surface area contributed by atoms with Crippen molar-refractivity contribution in [2.24, 2.45) is 17.3 Å². The zero-order chi connectivity index (χ0) is 21.0. The molecule has 4 aliphatic rings. The lowest BCUT2D eigenvalue weighted by Crippen LogP contribution is -2.59. The van der Waals surface area contributed by atoms with E-state index in [0.717, 1.165) is 6.42 Å². The lowest BCUT2D eigenvalue weighted by Gasteiger charge is -2.58. The van der Waals surface area contributed by atoms with Crippen LogP contribution in [0.15, 0.2) is 12.2 Å². The standard InChI is InChI=1S/C19H24F4O5/c1-11(2)14(24)27-9-18(20,21)19(22,23)10-28-15(25)16-4-12-3-13(5-16)7-17(26,6-12)8-16/h12-13,26H,1,3-10H2,2H3. The topological polar surface area (TPSA) is 72.8 Å². The number of carbonyl (C=O) groups excluding carboxylic acids is 2. The van der Waals surface area contributed by atoms with Crippen molar-refractivity contribution in [2.45, 2.75) is 62.9 Å². The third-order valence-corrected chi connectivity index (χ3v) is 6.12. The van der Waals surface area contributed by atoms with Gasteiger partial charge in [0.05, 0.1) is 11.0 Å². The molecule has 0 aromatic rings. The molecule has 4 aliphatic carbocycles. The molecule has 0 aliphatic heterocycles. The molecule has 1 N–H and O–H groups in total. The molecule has 9 heteroatoms. The van der Waals surface area contributed by atoms with E-state index in [4.69, 9.17) is 0 Å². The van der Waals surface area contributed by atoms with E-state index in [1.807, 2.05) is 0 Å². The fourth-order valence-corrected chi connectivity index (χ4v) is 5.25. The van der Waals surface area contributed by atoms with E-state index in [9.17, 15) is 32.3 Å². The average molecular weight is 408 g/mol. The van der Waals surface area contributed by atoms with Gasteiger partial charge in [-0.15, -0.1) is 0 Å². The van der Waals surface area contributed by atoms with E-state index in [1.54, 1.807) is 0 Å². The molecule has 0 aromatic heterocycles. The summed E-state index contributed by atoms with van der Waals surface area (Å²) in [5, 5.41) is 10.6. The minimum Gasteiger partial charge on any atom is -0.459 e.